The number of aromatic carboxylic acids is 2. The van der Waals surface area contributed by atoms with Gasteiger partial charge in [0.1, 0.15) is 0 Å². The minimum absolute atomic E-state index is 0.387. The second kappa shape index (κ2) is 4.82. The molecule has 0 unspecified atom stereocenters. The lowest BCUT2D eigenvalue weighted by atomic mass is 10.1. The molecule has 0 spiro atoms. The first kappa shape index (κ1) is 14.9. The van der Waals surface area contributed by atoms with Gasteiger partial charge >= 0.3 is 11.9 Å². The molecule has 0 amide bonds. The number of nitrogens with zero attached hydrogens (tertiary/aromatic N) is 1. The van der Waals surface area contributed by atoms with Crippen molar-refractivity contribution in [2.45, 2.75) is 4.90 Å². The maximum atomic E-state index is 11.1. The van der Waals surface area contributed by atoms with Crippen LogP contribution in [0.4, 0.5) is 5.69 Å². The molecule has 0 aliphatic carbocycles. The molecule has 0 aromatic heterocycles. The second-order valence-electron chi connectivity index (χ2n) is 3.17. The Bertz CT molecular complexity index is 660. The summed E-state index contributed by atoms with van der Waals surface area (Å²) in [7, 11) is 0.507. The van der Waals surface area contributed by atoms with Crippen LogP contribution >= 0.6 is 10.7 Å². The number of halogens is 1. The summed E-state index contributed by atoms with van der Waals surface area (Å²) in [5.74, 6) is -3.70. The quantitative estimate of drug-likeness (QED) is 0.473. The lowest BCUT2D eigenvalue weighted by Gasteiger charge is -2.05. The zero-order valence-corrected chi connectivity index (χ0v) is 10.3. The van der Waals surface area contributed by atoms with Crippen LogP contribution in [0, 0.1) is 10.1 Å². The first-order chi connectivity index (χ1) is 8.55. The number of hydrogen-bond acceptors (Lipinski definition) is 6. The van der Waals surface area contributed by atoms with Gasteiger partial charge in [-0.1, -0.05) is 0 Å². The van der Waals surface area contributed by atoms with E-state index in [0.717, 1.165) is 0 Å². The van der Waals surface area contributed by atoms with Crippen molar-refractivity contribution in [3.63, 3.8) is 0 Å². The van der Waals surface area contributed by atoms with Gasteiger partial charge in [-0.15, -0.1) is 0 Å². The summed E-state index contributed by atoms with van der Waals surface area (Å²) in [6.45, 7) is 0. The smallest absolute Gasteiger partial charge is 0.343 e. The summed E-state index contributed by atoms with van der Waals surface area (Å²) in [6.07, 6.45) is 0. The predicted molar refractivity (Wildman–Crippen MR) is 60.1 cm³/mol. The Kier molecular flexibility index (Phi) is 3.77. The van der Waals surface area contributed by atoms with Gasteiger partial charge in [0.2, 0.25) is 0 Å². The molecule has 0 bridgehead atoms. The molecule has 19 heavy (non-hydrogen) atoms. The maximum absolute atomic E-state index is 11.1. The largest absolute Gasteiger partial charge is 0.478 e. The fraction of sp³-hybridized carbons (Fsp3) is 0. The van der Waals surface area contributed by atoms with Crippen LogP contribution in [-0.4, -0.2) is 35.5 Å². The van der Waals surface area contributed by atoms with E-state index in [1.807, 2.05) is 0 Å². The fourth-order valence-corrected chi connectivity index (χ4v) is 2.06. The van der Waals surface area contributed by atoms with Gasteiger partial charge in [-0.2, -0.15) is 0 Å². The number of hydrogen-bond donors (Lipinski definition) is 2. The van der Waals surface area contributed by atoms with Crippen molar-refractivity contribution in [1.82, 2.24) is 0 Å². The zero-order valence-electron chi connectivity index (χ0n) is 8.73. The SMILES string of the molecule is O=C(O)c1cc(S(=O)(=O)Cl)cc([N+](=O)[O-])c1C(=O)O. The Labute approximate surface area is 109 Å². The Morgan fingerprint density at radius 2 is 1.74 bits per heavy atom. The average Bonchev–Trinajstić information content (AvgIpc) is 2.25. The molecule has 1 aromatic carbocycles. The van der Waals surface area contributed by atoms with Gasteiger partial charge in [-0.05, 0) is 6.07 Å². The molecule has 0 saturated carbocycles. The van der Waals surface area contributed by atoms with Crippen molar-refractivity contribution in [2.24, 2.45) is 0 Å². The van der Waals surface area contributed by atoms with Gasteiger partial charge in [0.05, 0.1) is 15.4 Å². The summed E-state index contributed by atoms with van der Waals surface area (Å²) in [6, 6.07) is 0.833. The molecule has 2 N–H and O–H groups in total. The van der Waals surface area contributed by atoms with Crippen LogP contribution < -0.4 is 0 Å². The molecule has 0 aliphatic heterocycles. The highest BCUT2D eigenvalue weighted by Gasteiger charge is 2.30. The molecule has 11 heteroatoms. The van der Waals surface area contributed by atoms with Gasteiger partial charge in [-0.25, -0.2) is 18.0 Å². The third-order valence-electron chi connectivity index (χ3n) is 2.01. The van der Waals surface area contributed by atoms with Crippen LogP contribution in [0.15, 0.2) is 17.0 Å². The number of carbonyl (C=O) groups is 2. The standard InChI is InChI=1S/C8H4ClNO8S/c9-19(17,18)3-1-4(7(11)12)6(8(13)14)5(2-3)10(15)16/h1-2H,(H,11,12)(H,13,14). The highest BCUT2D eigenvalue weighted by Crippen LogP contribution is 2.28. The van der Waals surface area contributed by atoms with E-state index in [4.69, 9.17) is 20.9 Å². The van der Waals surface area contributed by atoms with E-state index in [1.165, 1.54) is 0 Å². The molecule has 0 heterocycles. The van der Waals surface area contributed by atoms with Gasteiger partial charge in [0, 0.05) is 16.7 Å². The molecular weight excluding hydrogens is 306 g/mol. The number of benzene rings is 1. The molecule has 0 fully saturated rings. The van der Waals surface area contributed by atoms with E-state index in [2.05, 4.69) is 0 Å². The molecule has 1 rings (SSSR count). The first-order valence-corrected chi connectivity index (χ1v) is 6.60. The number of nitro benzene ring substituents is 1. The van der Waals surface area contributed by atoms with Gasteiger partial charge in [-0.3, -0.25) is 10.1 Å². The maximum Gasteiger partial charge on any atom is 0.343 e. The Morgan fingerprint density at radius 3 is 2.05 bits per heavy atom. The van der Waals surface area contributed by atoms with E-state index in [9.17, 15) is 28.1 Å². The van der Waals surface area contributed by atoms with Crippen LogP contribution in [0.3, 0.4) is 0 Å². The number of carboxylic acids is 2. The molecular formula is C8H4ClNO8S. The molecule has 102 valence electrons. The normalized spacial score (nSPS) is 11.0. The summed E-state index contributed by atoms with van der Waals surface area (Å²) in [5, 5.41) is 28.3. The van der Waals surface area contributed by atoms with E-state index in [1.54, 1.807) is 0 Å². The summed E-state index contributed by atoms with van der Waals surface area (Å²) >= 11 is 0. The van der Waals surface area contributed by atoms with Crippen molar-refractivity contribution in [2.75, 3.05) is 0 Å². The van der Waals surface area contributed by atoms with Crippen LogP contribution in [-0.2, 0) is 9.05 Å². The molecule has 0 atom stereocenters. The highest BCUT2D eigenvalue weighted by atomic mass is 35.7. The van der Waals surface area contributed by atoms with Crippen LogP contribution in [0.2, 0.25) is 0 Å². The van der Waals surface area contributed by atoms with Crippen molar-refractivity contribution >= 4 is 37.4 Å². The molecule has 0 radical (unpaired) electrons. The summed E-state index contributed by atoms with van der Waals surface area (Å²) in [5.41, 5.74) is -3.34. The molecule has 0 aliphatic rings. The molecule has 9 nitrogen and oxygen atoms in total. The van der Waals surface area contributed by atoms with E-state index in [-0.39, 0.29) is 0 Å². The number of rotatable bonds is 4. The minimum atomic E-state index is -4.45. The van der Waals surface area contributed by atoms with E-state index >= 15 is 0 Å². The van der Waals surface area contributed by atoms with Crippen LogP contribution in [0.25, 0.3) is 0 Å². The third kappa shape index (κ3) is 2.98. The summed E-state index contributed by atoms with van der Waals surface area (Å²) < 4.78 is 22.1. The predicted octanol–water partition coefficient (Wildman–Crippen LogP) is 0.919. The number of nitro groups is 1. The monoisotopic (exact) mass is 309 g/mol. The Morgan fingerprint density at radius 1 is 1.21 bits per heavy atom. The van der Waals surface area contributed by atoms with E-state index in [0.29, 0.717) is 12.1 Å². The van der Waals surface area contributed by atoms with Crippen molar-refractivity contribution in [3.8, 4) is 0 Å². The number of carboxylic acid groups (broad SMARTS) is 2. The molecule has 0 saturated heterocycles. The zero-order chi connectivity index (χ0) is 15.0. The van der Waals surface area contributed by atoms with Gasteiger partial charge < -0.3 is 10.2 Å². The molecule has 1 aromatic rings. The Hall–Kier alpha value is -2.20. The van der Waals surface area contributed by atoms with Crippen LogP contribution in [0.1, 0.15) is 20.7 Å². The second-order valence-corrected chi connectivity index (χ2v) is 5.74. The van der Waals surface area contributed by atoms with Crippen molar-refractivity contribution in [3.05, 3.63) is 33.4 Å². The van der Waals surface area contributed by atoms with Gasteiger partial charge in [0.25, 0.3) is 14.7 Å². The van der Waals surface area contributed by atoms with Gasteiger partial charge in [0.15, 0.2) is 5.56 Å². The average molecular weight is 310 g/mol. The first-order valence-electron chi connectivity index (χ1n) is 4.29. The van der Waals surface area contributed by atoms with Crippen molar-refractivity contribution in [1.29, 1.82) is 0 Å². The van der Waals surface area contributed by atoms with Crippen molar-refractivity contribution < 1.29 is 33.1 Å². The third-order valence-corrected chi connectivity index (χ3v) is 3.35. The lowest BCUT2D eigenvalue weighted by molar-refractivity contribution is -0.385. The van der Waals surface area contributed by atoms with Crippen LogP contribution in [0.5, 0.6) is 0 Å². The fourth-order valence-electron chi connectivity index (χ4n) is 1.28. The minimum Gasteiger partial charge on any atom is -0.478 e. The summed E-state index contributed by atoms with van der Waals surface area (Å²) in [4.78, 5) is 30.3. The lowest BCUT2D eigenvalue weighted by Crippen LogP contribution is -2.12. The Balaban J connectivity index is 3.89. The topological polar surface area (TPSA) is 152 Å². The highest BCUT2D eigenvalue weighted by molar-refractivity contribution is 8.13. The van der Waals surface area contributed by atoms with E-state index < -0.39 is 47.6 Å².